The lowest BCUT2D eigenvalue weighted by Gasteiger charge is -2.12. The molecule has 0 radical (unpaired) electrons. The monoisotopic (exact) mass is 236 g/mol. The first kappa shape index (κ1) is 11.5. The maximum absolute atomic E-state index is 6.24. The molecule has 0 saturated carbocycles. The van der Waals surface area contributed by atoms with Crippen molar-refractivity contribution in [1.82, 2.24) is 4.57 Å². The number of para-hydroxylation sites is 1. The van der Waals surface area contributed by atoms with Crippen molar-refractivity contribution in [2.75, 3.05) is 6.54 Å². The number of fused-ring (bicyclic) bond motifs is 1. The standard InChI is InChI=1S/C13H17ClN2/c1-8(7-15)12-9(2)10-5-4-6-11(14)13(10)16(12)3/h4-6,8H,7,15H2,1-3H3. The zero-order valence-corrected chi connectivity index (χ0v) is 10.7. The van der Waals surface area contributed by atoms with Crippen LogP contribution >= 0.6 is 11.6 Å². The number of hydrogen-bond donors (Lipinski definition) is 1. The third-order valence-corrected chi connectivity index (χ3v) is 3.60. The van der Waals surface area contributed by atoms with Gasteiger partial charge in [-0.15, -0.1) is 0 Å². The highest BCUT2D eigenvalue weighted by Gasteiger charge is 2.17. The minimum atomic E-state index is 0.355. The molecule has 3 heteroatoms. The van der Waals surface area contributed by atoms with Crippen molar-refractivity contribution < 1.29 is 0 Å². The van der Waals surface area contributed by atoms with E-state index in [4.69, 9.17) is 17.3 Å². The Morgan fingerprint density at radius 1 is 1.44 bits per heavy atom. The van der Waals surface area contributed by atoms with Crippen LogP contribution in [0.25, 0.3) is 10.9 Å². The molecule has 1 aromatic heterocycles. The van der Waals surface area contributed by atoms with Crippen LogP contribution in [0.1, 0.15) is 24.1 Å². The summed E-state index contributed by atoms with van der Waals surface area (Å²) in [6.45, 7) is 4.94. The maximum Gasteiger partial charge on any atom is 0.0672 e. The number of hydrogen-bond acceptors (Lipinski definition) is 1. The highest BCUT2D eigenvalue weighted by Crippen LogP contribution is 2.33. The summed E-state index contributed by atoms with van der Waals surface area (Å²) >= 11 is 6.24. The number of aryl methyl sites for hydroxylation is 2. The smallest absolute Gasteiger partial charge is 0.0672 e. The second-order valence-corrected chi connectivity index (χ2v) is 4.75. The summed E-state index contributed by atoms with van der Waals surface area (Å²) in [4.78, 5) is 0. The summed E-state index contributed by atoms with van der Waals surface area (Å²) in [5, 5.41) is 2.03. The van der Waals surface area contributed by atoms with Crippen molar-refractivity contribution in [2.45, 2.75) is 19.8 Å². The van der Waals surface area contributed by atoms with E-state index in [0.29, 0.717) is 12.5 Å². The van der Waals surface area contributed by atoms with Gasteiger partial charge in [-0.2, -0.15) is 0 Å². The van der Waals surface area contributed by atoms with Crippen LogP contribution in [0.4, 0.5) is 0 Å². The Bertz CT molecular complexity index is 528. The molecule has 0 aliphatic rings. The van der Waals surface area contributed by atoms with Crippen molar-refractivity contribution in [3.63, 3.8) is 0 Å². The van der Waals surface area contributed by atoms with Gasteiger partial charge in [-0.25, -0.2) is 0 Å². The van der Waals surface area contributed by atoms with E-state index in [9.17, 15) is 0 Å². The van der Waals surface area contributed by atoms with E-state index < -0.39 is 0 Å². The van der Waals surface area contributed by atoms with E-state index in [-0.39, 0.29) is 0 Å². The van der Waals surface area contributed by atoms with Crippen LogP contribution in [0, 0.1) is 6.92 Å². The van der Waals surface area contributed by atoms with Gasteiger partial charge in [-0.3, -0.25) is 0 Å². The second kappa shape index (κ2) is 4.11. The molecule has 1 unspecified atom stereocenters. The highest BCUT2D eigenvalue weighted by atomic mass is 35.5. The first-order valence-corrected chi connectivity index (χ1v) is 5.89. The summed E-state index contributed by atoms with van der Waals surface area (Å²) in [6.07, 6.45) is 0. The number of nitrogens with zero attached hydrogens (tertiary/aromatic N) is 1. The molecule has 86 valence electrons. The first-order valence-electron chi connectivity index (χ1n) is 5.51. The number of aromatic nitrogens is 1. The zero-order chi connectivity index (χ0) is 11.9. The Labute approximate surface area is 101 Å². The molecule has 2 aromatic rings. The third-order valence-electron chi connectivity index (χ3n) is 3.29. The molecule has 0 spiro atoms. The number of nitrogens with two attached hydrogens (primary N) is 1. The molecule has 1 atom stereocenters. The van der Waals surface area contributed by atoms with Gasteiger partial charge < -0.3 is 10.3 Å². The molecule has 2 rings (SSSR count). The molecule has 1 aromatic carbocycles. The van der Waals surface area contributed by atoms with Gasteiger partial charge in [0.2, 0.25) is 0 Å². The lowest BCUT2D eigenvalue weighted by Crippen LogP contribution is -2.13. The van der Waals surface area contributed by atoms with Crippen molar-refractivity contribution in [2.24, 2.45) is 12.8 Å². The van der Waals surface area contributed by atoms with Crippen LogP contribution in [0.5, 0.6) is 0 Å². The van der Waals surface area contributed by atoms with Gasteiger partial charge >= 0.3 is 0 Å². The van der Waals surface area contributed by atoms with Gasteiger partial charge in [0.15, 0.2) is 0 Å². The fraction of sp³-hybridized carbons (Fsp3) is 0.385. The summed E-state index contributed by atoms with van der Waals surface area (Å²) in [5.74, 6) is 0.355. The molecule has 0 fully saturated rings. The van der Waals surface area contributed by atoms with E-state index in [0.717, 1.165) is 10.5 Å². The van der Waals surface area contributed by atoms with Crippen LogP contribution in [-0.2, 0) is 7.05 Å². The fourth-order valence-corrected chi connectivity index (χ4v) is 2.78. The minimum absolute atomic E-state index is 0.355. The Kier molecular flexibility index (Phi) is 2.96. The van der Waals surface area contributed by atoms with E-state index in [1.165, 1.54) is 16.6 Å². The summed E-state index contributed by atoms with van der Waals surface area (Å²) in [5.41, 5.74) is 9.44. The van der Waals surface area contributed by atoms with Gasteiger partial charge in [0, 0.05) is 30.6 Å². The molecule has 1 heterocycles. The average molecular weight is 237 g/mol. The predicted octanol–water partition coefficient (Wildman–Crippen LogP) is 3.20. The highest BCUT2D eigenvalue weighted by molar-refractivity contribution is 6.35. The molecule has 0 aliphatic heterocycles. The molecular weight excluding hydrogens is 220 g/mol. The van der Waals surface area contributed by atoms with Crippen LogP contribution < -0.4 is 5.73 Å². The van der Waals surface area contributed by atoms with Gasteiger partial charge in [0.05, 0.1) is 10.5 Å². The second-order valence-electron chi connectivity index (χ2n) is 4.34. The number of benzene rings is 1. The molecule has 0 amide bonds. The van der Waals surface area contributed by atoms with Crippen LogP contribution in [0.3, 0.4) is 0 Å². The van der Waals surface area contributed by atoms with Crippen molar-refractivity contribution in [3.05, 3.63) is 34.5 Å². The molecule has 2 nitrogen and oxygen atoms in total. The van der Waals surface area contributed by atoms with E-state index in [1.807, 2.05) is 12.1 Å². The predicted molar refractivity (Wildman–Crippen MR) is 70.1 cm³/mol. The topological polar surface area (TPSA) is 30.9 Å². The lowest BCUT2D eigenvalue weighted by atomic mass is 10.0. The van der Waals surface area contributed by atoms with Crippen LogP contribution in [-0.4, -0.2) is 11.1 Å². The first-order chi connectivity index (χ1) is 7.57. The van der Waals surface area contributed by atoms with Gasteiger partial charge in [0.1, 0.15) is 0 Å². The Morgan fingerprint density at radius 2 is 2.12 bits per heavy atom. The quantitative estimate of drug-likeness (QED) is 0.853. The van der Waals surface area contributed by atoms with E-state index in [2.05, 4.69) is 31.5 Å². The zero-order valence-electron chi connectivity index (χ0n) is 9.92. The molecule has 0 bridgehead atoms. The Morgan fingerprint density at radius 3 is 2.69 bits per heavy atom. The summed E-state index contributed by atoms with van der Waals surface area (Å²) in [6, 6.07) is 6.04. The van der Waals surface area contributed by atoms with Gasteiger partial charge in [0.25, 0.3) is 0 Å². The number of rotatable bonds is 2. The third kappa shape index (κ3) is 1.53. The van der Waals surface area contributed by atoms with Gasteiger partial charge in [-0.05, 0) is 18.6 Å². The maximum atomic E-state index is 6.24. The van der Waals surface area contributed by atoms with Crippen molar-refractivity contribution >= 4 is 22.5 Å². The fourth-order valence-electron chi connectivity index (χ4n) is 2.48. The molecular formula is C13H17ClN2. The molecule has 0 saturated heterocycles. The molecule has 16 heavy (non-hydrogen) atoms. The number of halogens is 1. The largest absolute Gasteiger partial charge is 0.346 e. The minimum Gasteiger partial charge on any atom is -0.346 e. The average Bonchev–Trinajstić information content (AvgIpc) is 2.52. The lowest BCUT2D eigenvalue weighted by molar-refractivity contribution is 0.697. The van der Waals surface area contributed by atoms with Crippen molar-refractivity contribution in [1.29, 1.82) is 0 Å². The Hall–Kier alpha value is -0.990. The van der Waals surface area contributed by atoms with Crippen LogP contribution in [0.2, 0.25) is 5.02 Å². The van der Waals surface area contributed by atoms with E-state index in [1.54, 1.807) is 0 Å². The molecule has 0 aliphatic carbocycles. The van der Waals surface area contributed by atoms with Gasteiger partial charge in [-0.1, -0.05) is 30.7 Å². The normalized spacial score (nSPS) is 13.3. The van der Waals surface area contributed by atoms with Crippen LogP contribution in [0.15, 0.2) is 18.2 Å². The molecule has 2 N–H and O–H groups in total. The van der Waals surface area contributed by atoms with E-state index >= 15 is 0 Å². The summed E-state index contributed by atoms with van der Waals surface area (Å²) in [7, 11) is 2.06. The SMILES string of the molecule is Cc1c(C(C)CN)n(C)c2c(Cl)cccc12. The summed E-state index contributed by atoms with van der Waals surface area (Å²) < 4.78 is 2.17. The van der Waals surface area contributed by atoms with Crippen molar-refractivity contribution in [3.8, 4) is 0 Å². The Balaban J connectivity index is 2.82.